The molecule has 0 saturated carbocycles. The first-order chi connectivity index (χ1) is 9.00. The molecule has 4 nitrogen and oxygen atoms in total. The molecule has 19 heavy (non-hydrogen) atoms. The quantitative estimate of drug-likeness (QED) is 0.742. The molecule has 0 radical (unpaired) electrons. The lowest BCUT2D eigenvalue weighted by atomic mass is 10.1. The van der Waals surface area contributed by atoms with Gasteiger partial charge in [0.25, 0.3) is 0 Å². The van der Waals surface area contributed by atoms with Gasteiger partial charge in [-0.2, -0.15) is 0 Å². The first-order valence-corrected chi connectivity index (χ1v) is 6.23. The van der Waals surface area contributed by atoms with Crippen molar-refractivity contribution in [3.05, 3.63) is 35.6 Å². The summed E-state index contributed by atoms with van der Waals surface area (Å²) in [6.45, 7) is 2.04. The van der Waals surface area contributed by atoms with Crippen molar-refractivity contribution in [1.29, 1.82) is 0 Å². The normalized spacial score (nSPS) is 11.9. The Morgan fingerprint density at radius 2 is 2.05 bits per heavy atom. The fourth-order valence-electron chi connectivity index (χ4n) is 1.64. The summed E-state index contributed by atoms with van der Waals surface area (Å²) in [5.41, 5.74) is 0.360. The van der Waals surface area contributed by atoms with Crippen molar-refractivity contribution < 1.29 is 19.1 Å². The topological polar surface area (TPSA) is 66.4 Å². The highest BCUT2D eigenvalue weighted by atomic mass is 19.1. The molecule has 2 N–H and O–H groups in total. The van der Waals surface area contributed by atoms with Crippen molar-refractivity contribution in [1.82, 2.24) is 5.32 Å². The summed E-state index contributed by atoms with van der Waals surface area (Å²) in [5.74, 6) is -1.90. The monoisotopic (exact) mass is 267 g/mol. The van der Waals surface area contributed by atoms with Gasteiger partial charge in [-0.25, -0.2) is 4.39 Å². The summed E-state index contributed by atoms with van der Waals surface area (Å²) in [4.78, 5) is 22.1. The third kappa shape index (κ3) is 5.50. The van der Waals surface area contributed by atoms with Gasteiger partial charge in [0.15, 0.2) is 0 Å². The van der Waals surface area contributed by atoms with E-state index >= 15 is 0 Å². The largest absolute Gasteiger partial charge is 0.481 e. The first kappa shape index (κ1) is 15.1. The predicted octanol–water partition coefficient (Wildman–Crippen LogP) is 1.99. The molecule has 104 valence electrons. The van der Waals surface area contributed by atoms with Crippen LogP contribution in [-0.4, -0.2) is 23.5 Å². The van der Waals surface area contributed by atoms with E-state index in [9.17, 15) is 14.0 Å². The van der Waals surface area contributed by atoms with Gasteiger partial charge in [0.2, 0.25) is 5.91 Å². The third-order valence-electron chi connectivity index (χ3n) is 2.87. The SMILES string of the molecule is CC(CCCNC(=O)Cc1ccccc1F)C(=O)O. The minimum atomic E-state index is -0.835. The molecule has 0 saturated heterocycles. The molecule has 1 atom stereocenters. The van der Waals surface area contributed by atoms with E-state index in [0.29, 0.717) is 24.9 Å². The maximum atomic E-state index is 13.3. The number of nitrogens with one attached hydrogen (secondary N) is 1. The number of rotatable bonds is 7. The third-order valence-corrected chi connectivity index (χ3v) is 2.87. The summed E-state index contributed by atoms with van der Waals surface area (Å²) >= 11 is 0. The van der Waals surface area contributed by atoms with Crippen LogP contribution in [0.2, 0.25) is 0 Å². The lowest BCUT2D eigenvalue weighted by Gasteiger charge is -2.08. The Kier molecular flexibility index (Phi) is 5.99. The number of hydrogen-bond donors (Lipinski definition) is 2. The van der Waals surface area contributed by atoms with E-state index in [1.807, 2.05) is 0 Å². The highest BCUT2D eigenvalue weighted by Gasteiger charge is 2.11. The molecule has 0 aliphatic rings. The maximum Gasteiger partial charge on any atom is 0.306 e. The van der Waals surface area contributed by atoms with Gasteiger partial charge in [-0.15, -0.1) is 0 Å². The molecule has 0 aliphatic heterocycles. The smallest absolute Gasteiger partial charge is 0.306 e. The van der Waals surface area contributed by atoms with Crippen LogP contribution in [0.1, 0.15) is 25.3 Å². The maximum absolute atomic E-state index is 13.3. The van der Waals surface area contributed by atoms with Gasteiger partial charge in [0.05, 0.1) is 12.3 Å². The summed E-state index contributed by atoms with van der Waals surface area (Å²) in [6.07, 6.45) is 1.10. The zero-order valence-electron chi connectivity index (χ0n) is 10.9. The highest BCUT2D eigenvalue weighted by molar-refractivity contribution is 5.78. The lowest BCUT2D eigenvalue weighted by molar-refractivity contribution is -0.141. The van der Waals surface area contributed by atoms with Crippen LogP contribution >= 0.6 is 0 Å². The van der Waals surface area contributed by atoms with Gasteiger partial charge >= 0.3 is 5.97 Å². The second-order valence-corrected chi connectivity index (χ2v) is 4.50. The molecule has 1 rings (SSSR count). The standard InChI is InChI=1S/C14H18FNO3/c1-10(14(18)19)5-4-8-16-13(17)9-11-6-2-3-7-12(11)15/h2-3,6-7,10H,4-5,8-9H2,1H3,(H,16,17)(H,18,19). The number of carbonyl (C=O) groups is 2. The average Bonchev–Trinajstić information content (AvgIpc) is 2.37. The van der Waals surface area contributed by atoms with Crippen LogP contribution in [0, 0.1) is 11.7 Å². The van der Waals surface area contributed by atoms with Gasteiger partial charge in [0, 0.05) is 6.54 Å². The zero-order valence-corrected chi connectivity index (χ0v) is 10.9. The summed E-state index contributed by atoms with van der Waals surface area (Å²) in [5, 5.41) is 11.3. The predicted molar refractivity (Wildman–Crippen MR) is 69.1 cm³/mol. The zero-order chi connectivity index (χ0) is 14.3. The number of aliphatic carboxylic acids is 1. The molecule has 0 fully saturated rings. The van der Waals surface area contributed by atoms with Crippen LogP contribution in [0.4, 0.5) is 4.39 Å². The van der Waals surface area contributed by atoms with Gasteiger partial charge < -0.3 is 10.4 Å². The number of halogens is 1. The van der Waals surface area contributed by atoms with Gasteiger partial charge in [-0.3, -0.25) is 9.59 Å². The molecule has 0 aromatic heterocycles. The van der Waals surface area contributed by atoms with Crippen molar-refractivity contribution >= 4 is 11.9 Å². The Bertz CT molecular complexity index is 448. The van der Waals surface area contributed by atoms with Crippen LogP contribution in [0.25, 0.3) is 0 Å². The summed E-state index contributed by atoms with van der Waals surface area (Å²) in [6, 6.07) is 6.14. The van der Waals surface area contributed by atoms with Crippen molar-refractivity contribution in [3.63, 3.8) is 0 Å². The minimum Gasteiger partial charge on any atom is -0.481 e. The fraction of sp³-hybridized carbons (Fsp3) is 0.429. The Morgan fingerprint density at radius 1 is 1.37 bits per heavy atom. The molecule has 1 aromatic rings. The number of benzene rings is 1. The molecular weight excluding hydrogens is 249 g/mol. The van der Waals surface area contributed by atoms with Crippen LogP contribution in [-0.2, 0) is 16.0 Å². The Labute approximate surface area is 111 Å². The molecule has 0 heterocycles. The average molecular weight is 267 g/mol. The van der Waals surface area contributed by atoms with Crippen molar-refractivity contribution in [2.75, 3.05) is 6.54 Å². The summed E-state index contributed by atoms with van der Waals surface area (Å²) in [7, 11) is 0. The molecule has 5 heteroatoms. The van der Waals surface area contributed by atoms with Gasteiger partial charge in [-0.05, 0) is 24.5 Å². The molecular formula is C14H18FNO3. The second-order valence-electron chi connectivity index (χ2n) is 4.50. The van der Waals surface area contributed by atoms with Gasteiger partial charge in [0.1, 0.15) is 5.82 Å². The van der Waals surface area contributed by atoms with Crippen LogP contribution in [0.5, 0.6) is 0 Å². The number of carbonyl (C=O) groups excluding carboxylic acids is 1. The molecule has 1 aromatic carbocycles. The Balaban J connectivity index is 2.26. The highest BCUT2D eigenvalue weighted by Crippen LogP contribution is 2.07. The number of carboxylic acid groups (broad SMARTS) is 1. The molecule has 1 unspecified atom stereocenters. The van der Waals surface area contributed by atoms with E-state index in [0.717, 1.165) is 0 Å². The van der Waals surface area contributed by atoms with Crippen molar-refractivity contribution in [3.8, 4) is 0 Å². The van der Waals surface area contributed by atoms with E-state index in [1.165, 1.54) is 6.07 Å². The van der Waals surface area contributed by atoms with E-state index in [2.05, 4.69) is 5.32 Å². The minimum absolute atomic E-state index is 0.00115. The second kappa shape index (κ2) is 7.51. The van der Waals surface area contributed by atoms with E-state index in [-0.39, 0.29) is 12.3 Å². The molecule has 0 aliphatic carbocycles. The number of amides is 1. The van der Waals surface area contributed by atoms with Crippen molar-refractivity contribution in [2.24, 2.45) is 5.92 Å². The lowest BCUT2D eigenvalue weighted by Crippen LogP contribution is -2.27. The Hall–Kier alpha value is -1.91. The first-order valence-electron chi connectivity index (χ1n) is 6.23. The van der Waals surface area contributed by atoms with E-state index < -0.39 is 17.7 Å². The molecule has 0 spiro atoms. The van der Waals surface area contributed by atoms with E-state index in [1.54, 1.807) is 25.1 Å². The number of hydrogen-bond acceptors (Lipinski definition) is 2. The van der Waals surface area contributed by atoms with Crippen LogP contribution < -0.4 is 5.32 Å². The van der Waals surface area contributed by atoms with Crippen molar-refractivity contribution in [2.45, 2.75) is 26.2 Å². The summed E-state index contributed by atoms with van der Waals surface area (Å²) < 4.78 is 13.3. The Morgan fingerprint density at radius 3 is 2.68 bits per heavy atom. The number of carboxylic acids is 1. The van der Waals surface area contributed by atoms with Crippen LogP contribution in [0.15, 0.2) is 24.3 Å². The van der Waals surface area contributed by atoms with Crippen LogP contribution in [0.3, 0.4) is 0 Å². The van der Waals surface area contributed by atoms with Gasteiger partial charge in [-0.1, -0.05) is 25.1 Å². The van der Waals surface area contributed by atoms with E-state index in [4.69, 9.17) is 5.11 Å². The molecule has 1 amide bonds. The fourth-order valence-corrected chi connectivity index (χ4v) is 1.64. The molecule has 0 bridgehead atoms.